The number of hydrogen-bond acceptors (Lipinski definition) is 5. The minimum absolute atomic E-state index is 0.0913. The lowest BCUT2D eigenvalue weighted by atomic mass is 10.2. The van der Waals surface area contributed by atoms with Crippen molar-refractivity contribution in [1.29, 1.82) is 0 Å². The number of pyridine rings is 2. The predicted octanol–water partition coefficient (Wildman–Crippen LogP) is 2.61. The highest BCUT2D eigenvalue weighted by Crippen LogP contribution is 2.38. The summed E-state index contributed by atoms with van der Waals surface area (Å²) in [5, 5.41) is 6.90. The summed E-state index contributed by atoms with van der Waals surface area (Å²) in [4.78, 5) is 25.6. The molecule has 0 bridgehead atoms. The smallest absolute Gasteiger partial charge is 0.261 e. The van der Waals surface area contributed by atoms with Crippen molar-refractivity contribution >= 4 is 23.2 Å². The number of carbonyl (C=O) groups excluding carboxylic acids is 1. The van der Waals surface area contributed by atoms with Crippen LogP contribution in [-0.4, -0.2) is 39.7 Å². The molecule has 1 aliphatic heterocycles. The van der Waals surface area contributed by atoms with Crippen LogP contribution in [0.1, 0.15) is 17.3 Å². The van der Waals surface area contributed by atoms with E-state index >= 15 is 0 Å². The zero-order chi connectivity index (χ0) is 16.7. The van der Waals surface area contributed by atoms with E-state index in [4.69, 9.17) is 4.98 Å². The van der Waals surface area contributed by atoms with Crippen LogP contribution in [0.4, 0.5) is 17.3 Å². The third-order valence-electron chi connectivity index (χ3n) is 4.14. The van der Waals surface area contributed by atoms with Gasteiger partial charge in [-0.3, -0.25) is 9.89 Å². The van der Waals surface area contributed by atoms with Gasteiger partial charge in [0.1, 0.15) is 5.82 Å². The van der Waals surface area contributed by atoms with Gasteiger partial charge in [0.05, 0.1) is 22.6 Å². The molecule has 1 amide bonds. The molecule has 3 aromatic heterocycles. The first-order valence-electron chi connectivity index (χ1n) is 7.72. The van der Waals surface area contributed by atoms with Crippen molar-refractivity contribution in [3.63, 3.8) is 0 Å². The zero-order valence-electron chi connectivity index (χ0n) is 13.4. The van der Waals surface area contributed by atoms with Crippen molar-refractivity contribution in [2.24, 2.45) is 0 Å². The fraction of sp³-hybridized carbons (Fsp3) is 0.176. The molecule has 0 radical (unpaired) electrons. The van der Waals surface area contributed by atoms with Crippen molar-refractivity contribution in [3.8, 4) is 11.4 Å². The molecule has 0 spiro atoms. The highest BCUT2D eigenvalue weighted by molar-refractivity contribution is 6.12. The molecule has 0 saturated carbocycles. The topological polar surface area (TPSA) is 78.0 Å². The average molecular weight is 320 g/mol. The van der Waals surface area contributed by atoms with E-state index in [9.17, 15) is 4.79 Å². The molecule has 0 unspecified atom stereocenters. The minimum Gasteiger partial charge on any atom is -0.309 e. The van der Waals surface area contributed by atoms with Gasteiger partial charge in [-0.25, -0.2) is 9.97 Å². The fourth-order valence-electron chi connectivity index (χ4n) is 2.92. The van der Waals surface area contributed by atoms with Gasteiger partial charge in [-0.2, -0.15) is 5.10 Å². The number of nitrogens with zero attached hydrogens (tertiary/aromatic N) is 5. The maximum absolute atomic E-state index is 12.8. The van der Waals surface area contributed by atoms with Crippen LogP contribution in [0.2, 0.25) is 0 Å². The number of nitrogens with one attached hydrogen (secondary N) is 1. The molecule has 7 heteroatoms. The van der Waals surface area contributed by atoms with Crippen LogP contribution >= 0.6 is 0 Å². The molecule has 120 valence electrons. The van der Waals surface area contributed by atoms with Crippen LogP contribution in [0, 0.1) is 0 Å². The molecule has 4 rings (SSSR count). The van der Waals surface area contributed by atoms with Gasteiger partial charge in [-0.05, 0) is 37.3 Å². The summed E-state index contributed by atoms with van der Waals surface area (Å²) >= 11 is 0. The van der Waals surface area contributed by atoms with Gasteiger partial charge >= 0.3 is 0 Å². The molecule has 0 fully saturated rings. The van der Waals surface area contributed by atoms with E-state index in [0.29, 0.717) is 23.7 Å². The van der Waals surface area contributed by atoms with Crippen molar-refractivity contribution in [2.45, 2.75) is 6.92 Å². The Morgan fingerprint density at radius 1 is 1.12 bits per heavy atom. The number of rotatable bonds is 2. The maximum atomic E-state index is 12.8. The fourth-order valence-corrected chi connectivity index (χ4v) is 2.92. The summed E-state index contributed by atoms with van der Waals surface area (Å²) in [7, 11) is 1.76. The van der Waals surface area contributed by atoms with E-state index in [1.54, 1.807) is 36.5 Å². The van der Waals surface area contributed by atoms with E-state index < -0.39 is 0 Å². The Labute approximate surface area is 139 Å². The molecule has 24 heavy (non-hydrogen) atoms. The Bertz CT molecular complexity index is 905. The van der Waals surface area contributed by atoms with Gasteiger partial charge in [0.25, 0.3) is 5.91 Å². The van der Waals surface area contributed by atoms with E-state index in [2.05, 4.69) is 15.2 Å². The molecular weight excluding hydrogens is 304 g/mol. The van der Waals surface area contributed by atoms with Gasteiger partial charge in [0, 0.05) is 26.0 Å². The highest BCUT2D eigenvalue weighted by Gasteiger charge is 2.30. The number of hydrogen-bond donors (Lipinski definition) is 1. The molecule has 1 aliphatic rings. The number of H-pyrrole nitrogens is 1. The molecule has 0 aliphatic carbocycles. The summed E-state index contributed by atoms with van der Waals surface area (Å²) < 4.78 is 0. The van der Waals surface area contributed by atoms with Gasteiger partial charge in [0.2, 0.25) is 0 Å². The summed E-state index contributed by atoms with van der Waals surface area (Å²) in [6.45, 7) is 2.67. The SMILES string of the molecule is CCN1c2ncccc2C(=O)N(C)c2ccc(-c3ccn[nH]3)nc21. The maximum Gasteiger partial charge on any atom is 0.261 e. The van der Waals surface area contributed by atoms with E-state index in [1.807, 2.05) is 30.0 Å². The van der Waals surface area contributed by atoms with Crippen LogP contribution in [0.25, 0.3) is 11.4 Å². The van der Waals surface area contributed by atoms with Crippen molar-refractivity contribution in [3.05, 3.63) is 48.3 Å². The van der Waals surface area contributed by atoms with Crippen molar-refractivity contribution in [2.75, 3.05) is 23.4 Å². The second-order valence-electron chi connectivity index (χ2n) is 5.49. The number of fused-ring (bicyclic) bond motifs is 2. The van der Waals surface area contributed by atoms with Crippen LogP contribution < -0.4 is 9.80 Å². The molecule has 0 saturated heterocycles. The highest BCUT2D eigenvalue weighted by atomic mass is 16.2. The Kier molecular flexibility index (Phi) is 3.26. The zero-order valence-corrected chi connectivity index (χ0v) is 13.4. The molecule has 7 nitrogen and oxygen atoms in total. The van der Waals surface area contributed by atoms with Crippen molar-refractivity contribution < 1.29 is 4.79 Å². The standard InChI is InChI=1S/C17H16N6O/c1-3-23-15-11(5-4-9-18-15)17(24)22(2)14-7-6-12(20-16(14)23)13-8-10-19-21-13/h4-10H,3H2,1-2H3,(H,19,21). The normalized spacial score (nSPS) is 13.5. The Hall–Kier alpha value is -3.22. The molecule has 0 atom stereocenters. The van der Waals surface area contributed by atoms with E-state index in [0.717, 1.165) is 17.1 Å². The largest absolute Gasteiger partial charge is 0.309 e. The number of carbonyl (C=O) groups is 1. The Morgan fingerprint density at radius 2 is 2.00 bits per heavy atom. The summed E-state index contributed by atoms with van der Waals surface area (Å²) in [5.74, 6) is 1.24. The second-order valence-corrected chi connectivity index (χ2v) is 5.49. The van der Waals surface area contributed by atoms with Gasteiger partial charge < -0.3 is 9.80 Å². The molecule has 4 heterocycles. The Balaban J connectivity index is 1.96. The molecule has 1 N–H and O–H groups in total. The number of amides is 1. The van der Waals surface area contributed by atoms with Crippen LogP contribution in [0.5, 0.6) is 0 Å². The third-order valence-corrected chi connectivity index (χ3v) is 4.14. The molecule has 0 aromatic carbocycles. The first-order valence-corrected chi connectivity index (χ1v) is 7.72. The van der Waals surface area contributed by atoms with Gasteiger partial charge in [-0.15, -0.1) is 0 Å². The quantitative estimate of drug-likeness (QED) is 0.785. The summed E-state index contributed by atoms with van der Waals surface area (Å²) in [6, 6.07) is 9.23. The third kappa shape index (κ3) is 2.05. The van der Waals surface area contributed by atoms with E-state index in [1.165, 1.54) is 0 Å². The predicted molar refractivity (Wildman–Crippen MR) is 91.5 cm³/mol. The minimum atomic E-state index is -0.0913. The number of aromatic amines is 1. The first-order chi connectivity index (χ1) is 11.7. The van der Waals surface area contributed by atoms with E-state index in [-0.39, 0.29) is 5.91 Å². The number of aromatic nitrogens is 4. The van der Waals surface area contributed by atoms with Crippen molar-refractivity contribution in [1.82, 2.24) is 20.2 Å². The average Bonchev–Trinajstić information content (AvgIpc) is 3.13. The van der Waals surface area contributed by atoms with Gasteiger partial charge in [0.15, 0.2) is 5.82 Å². The van der Waals surface area contributed by atoms with Crippen LogP contribution in [-0.2, 0) is 0 Å². The van der Waals surface area contributed by atoms with Crippen LogP contribution in [0.15, 0.2) is 42.7 Å². The summed E-state index contributed by atoms with van der Waals surface area (Å²) in [6.07, 6.45) is 3.38. The Morgan fingerprint density at radius 3 is 2.75 bits per heavy atom. The first kappa shape index (κ1) is 14.4. The number of anilines is 3. The molecular formula is C17H16N6O. The lowest BCUT2D eigenvalue weighted by Gasteiger charge is -2.23. The van der Waals surface area contributed by atoms with Gasteiger partial charge in [-0.1, -0.05) is 0 Å². The second kappa shape index (κ2) is 5.45. The lowest BCUT2D eigenvalue weighted by molar-refractivity contribution is 0.0994. The lowest BCUT2D eigenvalue weighted by Crippen LogP contribution is -2.25. The summed E-state index contributed by atoms with van der Waals surface area (Å²) in [5.41, 5.74) is 2.92. The van der Waals surface area contributed by atoms with Crippen LogP contribution in [0.3, 0.4) is 0 Å². The monoisotopic (exact) mass is 320 g/mol. The molecule has 3 aromatic rings.